The molecule has 0 spiro atoms. The molecule has 0 N–H and O–H groups in total. The molecule has 0 aliphatic carbocycles. The summed E-state index contributed by atoms with van der Waals surface area (Å²) in [6.45, 7) is 7.28. The lowest BCUT2D eigenvalue weighted by molar-refractivity contribution is 0.121. The third-order valence-corrected chi connectivity index (χ3v) is 2.38. The zero-order valence-electron chi connectivity index (χ0n) is 7.31. The largest absolute Gasteiger partial charge is 0.303 e. The molecule has 1 heterocycles. The van der Waals surface area contributed by atoms with E-state index in [1.165, 1.54) is 0 Å². The fraction of sp³-hybridized carbons (Fsp3) is 0.778. The van der Waals surface area contributed by atoms with E-state index in [9.17, 15) is 4.39 Å². The third-order valence-electron chi connectivity index (χ3n) is 2.38. The lowest BCUT2D eigenvalue weighted by Crippen LogP contribution is -2.39. The topological polar surface area (TPSA) is 3.24 Å². The molecule has 1 aliphatic rings. The van der Waals surface area contributed by atoms with Gasteiger partial charge in [0.25, 0.3) is 0 Å². The van der Waals surface area contributed by atoms with Gasteiger partial charge in [0, 0.05) is 12.5 Å². The van der Waals surface area contributed by atoms with Crippen LogP contribution in [0, 0.1) is 5.92 Å². The maximum Gasteiger partial charge on any atom is 0.119 e. The minimum absolute atomic E-state index is 0.103. The highest BCUT2D eigenvalue weighted by atomic mass is 19.1. The Balaban J connectivity index is 2.50. The van der Waals surface area contributed by atoms with Gasteiger partial charge in [-0.3, -0.25) is 0 Å². The van der Waals surface area contributed by atoms with E-state index in [4.69, 9.17) is 0 Å². The van der Waals surface area contributed by atoms with Gasteiger partial charge in [-0.1, -0.05) is 12.2 Å². The highest BCUT2D eigenvalue weighted by Crippen LogP contribution is 2.25. The van der Waals surface area contributed by atoms with Crippen molar-refractivity contribution in [2.24, 2.45) is 5.92 Å². The summed E-state index contributed by atoms with van der Waals surface area (Å²) in [6.07, 6.45) is 0.221. The first-order chi connectivity index (χ1) is 5.11. The van der Waals surface area contributed by atoms with Crippen LogP contribution in [0.3, 0.4) is 0 Å². The summed E-state index contributed by atoms with van der Waals surface area (Å²) in [7, 11) is 1.96. The molecule has 2 heteroatoms. The van der Waals surface area contributed by atoms with Crippen molar-refractivity contribution in [3.8, 4) is 0 Å². The standard InChI is InChI=1S/C9H16FN/c1-7(2)8-4-5-11(3)6-9(8)10/h8-9H,1,4-6H2,2-3H3. The summed E-state index contributed by atoms with van der Waals surface area (Å²) in [5, 5.41) is 0. The number of rotatable bonds is 1. The molecule has 0 aromatic carbocycles. The minimum atomic E-state index is -0.703. The second-order valence-electron chi connectivity index (χ2n) is 3.52. The Morgan fingerprint density at radius 3 is 2.73 bits per heavy atom. The Hall–Kier alpha value is -0.370. The first-order valence-electron chi connectivity index (χ1n) is 4.09. The molecule has 1 fully saturated rings. The van der Waals surface area contributed by atoms with Crippen molar-refractivity contribution in [1.29, 1.82) is 0 Å². The molecular formula is C9H16FN. The van der Waals surface area contributed by atoms with E-state index in [0.29, 0.717) is 6.54 Å². The number of allylic oxidation sites excluding steroid dienone is 1. The molecule has 0 radical (unpaired) electrons. The number of likely N-dealkylation sites (tertiary alicyclic amines) is 1. The first-order valence-corrected chi connectivity index (χ1v) is 4.09. The van der Waals surface area contributed by atoms with Gasteiger partial charge in [0.2, 0.25) is 0 Å². The molecule has 0 amide bonds. The van der Waals surface area contributed by atoms with Crippen molar-refractivity contribution in [2.45, 2.75) is 19.5 Å². The lowest BCUT2D eigenvalue weighted by atomic mass is 9.90. The molecule has 0 saturated carbocycles. The molecule has 2 atom stereocenters. The van der Waals surface area contributed by atoms with Crippen LogP contribution in [0.4, 0.5) is 4.39 Å². The van der Waals surface area contributed by atoms with Crippen LogP contribution in [0.15, 0.2) is 12.2 Å². The first kappa shape index (κ1) is 8.72. The van der Waals surface area contributed by atoms with E-state index in [-0.39, 0.29) is 5.92 Å². The van der Waals surface area contributed by atoms with Gasteiger partial charge in [0.05, 0.1) is 0 Å². The van der Waals surface area contributed by atoms with Crippen molar-refractivity contribution in [1.82, 2.24) is 4.90 Å². The number of piperidine rings is 1. The average molecular weight is 157 g/mol. The van der Waals surface area contributed by atoms with Crippen molar-refractivity contribution < 1.29 is 4.39 Å². The van der Waals surface area contributed by atoms with Gasteiger partial charge < -0.3 is 4.90 Å². The van der Waals surface area contributed by atoms with E-state index >= 15 is 0 Å². The van der Waals surface area contributed by atoms with E-state index < -0.39 is 6.17 Å². The number of nitrogens with zero attached hydrogens (tertiary/aromatic N) is 1. The van der Waals surface area contributed by atoms with Gasteiger partial charge in [0.15, 0.2) is 0 Å². The van der Waals surface area contributed by atoms with Crippen LogP contribution in [0.25, 0.3) is 0 Å². The molecule has 2 unspecified atom stereocenters. The molecule has 0 bridgehead atoms. The third kappa shape index (κ3) is 2.03. The van der Waals surface area contributed by atoms with Gasteiger partial charge >= 0.3 is 0 Å². The quantitative estimate of drug-likeness (QED) is 0.525. The highest BCUT2D eigenvalue weighted by molar-refractivity contribution is 5.02. The van der Waals surface area contributed by atoms with Crippen LogP contribution in [-0.4, -0.2) is 31.2 Å². The number of alkyl halides is 1. The molecule has 1 nitrogen and oxygen atoms in total. The van der Waals surface area contributed by atoms with E-state index in [1.807, 2.05) is 18.9 Å². The smallest absolute Gasteiger partial charge is 0.119 e. The Labute approximate surface area is 67.9 Å². The van der Waals surface area contributed by atoms with Crippen molar-refractivity contribution in [2.75, 3.05) is 20.1 Å². The summed E-state index contributed by atoms with van der Waals surface area (Å²) in [5.41, 5.74) is 0.991. The number of halogens is 1. The molecule has 11 heavy (non-hydrogen) atoms. The van der Waals surface area contributed by atoms with E-state index in [1.54, 1.807) is 0 Å². The van der Waals surface area contributed by atoms with Crippen molar-refractivity contribution >= 4 is 0 Å². The summed E-state index contributed by atoms with van der Waals surface area (Å²) in [6, 6.07) is 0. The Kier molecular flexibility index (Phi) is 2.66. The second kappa shape index (κ2) is 3.35. The SMILES string of the molecule is C=C(C)C1CCN(C)CC1F. The molecule has 1 saturated heterocycles. The van der Waals surface area contributed by atoms with Crippen LogP contribution < -0.4 is 0 Å². The number of hydrogen-bond acceptors (Lipinski definition) is 1. The number of hydrogen-bond donors (Lipinski definition) is 0. The van der Waals surface area contributed by atoms with Gasteiger partial charge in [-0.05, 0) is 26.9 Å². The monoisotopic (exact) mass is 157 g/mol. The average Bonchev–Trinajstić information content (AvgIpc) is 1.85. The van der Waals surface area contributed by atoms with Crippen LogP contribution >= 0.6 is 0 Å². The van der Waals surface area contributed by atoms with Gasteiger partial charge in [0.1, 0.15) is 6.17 Å². The summed E-state index contributed by atoms with van der Waals surface area (Å²) >= 11 is 0. The van der Waals surface area contributed by atoms with Crippen molar-refractivity contribution in [3.05, 3.63) is 12.2 Å². The zero-order valence-corrected chi connectivity index (χ0v) is 7.31. The molecule has 64 valence electrons. The Morgan fingerprint density at radius 1 is 1.64 bits per heavy atom. The highest BCUT2D eigenvalue weighted by Gasteiger charge is 2.27. The maximum atomic E-state index is 13.2. The van der Waals surface area contributed by atoms with Gasteiger partial charge in [-0.15, -0.1) is 0 Å². The molecule has 1 rings (SSSR count). The fourth-order valence-corrected chi connectivity index (χ4v) is 1.61. The molecule has 0 aromatic rings. The Bertz CT molecular complexity index is 156. The van der Waals surface area contributed by atoms with Crippen LogP contribution in [-0.2, 0) is 0 Å². The van der Waals surface area contributed by atoms with Gasteiger partial charge in [-0.2, -0.15) is 0 Å². The summed E-state index contributed by atoms with van der Waals surface area (Å²) in [5.74, 6) is 0.103. The molecule has 1 aliphatic heterocycles. The Morgan fingerprint density at radius 2 is 2.27 bits per heavy atom. The fourth-order valence-electron chi connectivity index (χ4n) is 1.61. The minimum Gasteiger partial charge on any atom is -0.303 e. The van der Waals surface area contributed by atoms with Crippen LogP contribution in [0.5, 0.6) is 0 Å². The summed E-state index contributed by atoms with van der Waals surface area (Å²) in [4.78, 5) is 2.03. The second-order valence-corrected chi connectivity index (χ2v) is 3.52. The van der Waals surface area contributed by atoms with Gasteiger partial charge in [-0.25, -0.2) is 4.39 Å². The summed E-state index contributed by atoms with van der Waals surface area (Å²) < 4.78 is 13.2. The predicted molar refractivity (Wildman–Crippen MR) is 45.3 cm³/mol. The van der Waals surface area contributed by atoms with E-state index in [0.717, 1.165) is 18.5 Å². The van der Waals surface area contributed by atoms with E-state index in [2.05, 4.69) is 6.58 Å². The maximum absolute atomic E-state index is 13.2. The zero-order chi connectivity index (χ0) is 8.43. The normalized spacial score (nSPS) is 33.7. The van der Waals surface area contributed by atoms with Crippen LogP contribution in [0.2, 0.25) is 0 Å². The lowest BCUT2D eigenvalue weighted by Gasteiger charge is -2.32. The predicted octanol–water partition coefficient (Wildman–Crippen LogP) is 1.85. The van der Waals surface area contributed by atoms with Crippen molar-refractivity contribution in [3.63, 3.8) is 0 Å². The molecular weight excluding hydrogens is 141 g/mol. The molecule has 0 aromatic heterocycles. The van der Waals surface area contributed by atoms with Crippen LogP contribution in [0.1, 0.15) is 13.3 Å².